The Balaban J connectivity index is 1.74. The molecule has 2 aromatic carbocycles. The number of para-hydroxylation sites is 1. The number of amides is 1. The van der Waals surface area contributed by atoms with Crippen LogP contribution < -0.4 is 5.32 Å². The van der Waals surface area contributed by atoms with Crippen molar-refractivity contribution in [2.45, 2.75) is 0 Å². The van der Waals surface area contributed by atoms with E-state index in [4.69, 9.17) is 0 Å². The molecule has 0 aliphatic carbocycles. The number of H-pyrrole nitrogens is 1. The molecule has 0 spiro atoms. The molecule has 0 saturated carbocycles. The van der Waals surface area contributed by atoms with Gasteiger partial charge in [0.15, 0.2) is 0 Å². The molecule has 1 aromatic heterocycles. The van der Waals surface area contributed by atoms with Crippen LogP contribution in [0.25, 0.3) is 17.0 Å². The maximum atomic E-state index is 11.9. The van der Waals surface area contributed by atoms with Crippen LogP contribution in [0.5, 0.6) is 0 Å². The Bertz CT molecular complexity index is 862. The summed E-state index contributed by atoms with van der Waals surface area (Å²) in [6, 6.07) is 14.7. The fraction of sp³-hybridized carbons (Fsp3) is 0. The average Bonchev–Trinajstić information content (AvgIpc) is 2.96. The van der Waals surface area contributed by atoms with Gasteiger partial charge in [0, 0.05) is 34.4 Å². The summed E-state index contributed by atoms with van der Waals surface area (Å²) in [4.78, 5) is 25.8. The molecule has 0 aliphatic rings. The molecule has 108 valence electrons. The zero-order valence-corrected chi connectivity index (χ0v) is 11.7. The first-order valence-electron chi connectivity index (χ1n) is 6.87. The number of carbonyl (C=O) groups is 2. The lowest BCUT2D eigenvalue weighted by atomic mass is 10.1. The van der Waals surface area contributed by atoms with Gasteiger partial charge in [0.2, 0.25) is 5.91 Å². The number of anilines is 1. The molecule has 4 heteroatoms. The van der Waals surface area contributed by atoms with Gasteiger partial charge in [0.1, 0.15) is 6.29 Å². The maximum absolute atomic E-state index is 11.9. The molecule has 0 unspecified atom stereocenters. The van der Waals surface area contributed by atoms with Crippen LogP contribution in [0.2, 0.25) is 0 Å². The molecule has 3 rings (SSSR count). The van der Waals surface area contributed by atoms with Crippen LogP contribution >= 0.6 is 0 Å². The third-order valence-electron chi connectivity index (χ3n) is 3.33. The third kappa shape index (κ3) is 2.96. The van der Waals surface area contributed by atoms with E-state index in [0.29, 0.717) is 11.3 Å². The Labute approximate surface area is 127 Å². The third-order valence-corrected chi connectivity index (χ3v) is 3.33. The van der Waals surface area contributed by atoms with E-state index in [2.05, 4.69) is 10.3 Å². The van der Waals surface area contributed by atoms with E-state index >= 15 is 0 Å². The second-order valence-electron chi connectivity index (χ2n) is 4.86. The predicted molar refractivity (Wildman–Crippen MR) is 87.8 cm³/mol. The average molecular weight is 290 g/mol. The van der Waals surface area contributed by atoms with Crippen LogP contribution in [-0.4, -0.2) is 17.2 Å². The van der Waals surface area contributed by atoms with Crippen LogP contribution in [0, 0.1) is 0 Å². The number of benzene rings is 2. The molecule has 0 atom stereocenters. The standard InChI is InChI=1S/C18H14N2O2/c21-12-13-4-3-5-15(10-13)20-18(22)9-8-14-11-19-17-7-2-1-6-16(14)17/h1-12,19H,(H,20,22)/b9-8+. The first-order chi connectivity index (χ1) is 10.8. The number of nitrogens with one attached hydrogen (secondary N) is 2. The van der Waals surface area contributed by atoms with Crippen molar-refractivity contribution in [1.82, 2.24) is 4.98 Å². The minimum atomic E-state index is -0.242. The summed E-state index contributed by atoms with van der Waals surface area (Å²) >= 11 is 0. The lowest BCUT2D eigenvalue weighted by Gasteiger charge is -2.02. The molecule has 0 saturated heterocycles. The van der Waals surface area contributed by atoms with Gasteiger partial charge >= 0.3 is 0 Å². The Hall–Kier alpha value is -3.14. The van der Waals surface area contributed by atoms with Gasteiger partial charge in [-0.2, -0.15) is 0 Å². The number of carbonyl (C=O) groups excluding carboxylic acids is 2. The van der Waals surface area contributed by atoms with Crippen molar-refractivity contribution in [3.63, 3.8) is 0 Å². The van der Waals surface area contributed by atoms with Gasteiger partial charge in [0.25, 0.3) is 0 Å². The molecule has 1 heterocycles. The number of rotatable bonds is 4. The van der Waals surface area contributed by atoms with Gasteiger partial charge in [-0.05, 0) is 29.8 Å². The second-order valence-corrected chi connectivity index (χ2v) is 4.86. The summed E-state index contributed by atoms with van der Waals surface area (Å²) in [5.41, 5.74) is 3.10. The van der Waals surface area contributed by atoms with Crippen molar-refractivity contribution < 1.29 is 9.59 Å². The molecule has 2 N–H and O–H groups in total. The highest BCUT2D eigenvalue weighted by Gasteiger charge is 2.02. The maximum Gasteiger partial charge on any atom is 0.248 e. The van der Waals surface area contributed by atoms with Crippen LogP contribution in [-0.2, 0) is 4.79 Å². The molecular weight excluding hydrogens is 276 g/mol. The van der Waals surface area contributed by atoms with E-state index in [0.717, 1.165) is 22.8 Å². The predicted octanol–water partition coefficient (Wildman–Crippen LogP) is 3.63. The van der Waals surface area contributed by atoms with Crippen molar-refractivity contribution in [1.29, 1.82) is 0 Å². The Morgan fingerprint density at radius 1 is 1.09 bits per heavy atom. The lowest BCUT2D eigenvalue weighted by Crippen LogP contribution is -2.07. The normalized spacial score (nSPS) is 10.9. The zero-order chi connectivity index (χ0) is 15.4. The summed E-state index contributed by atoms with van der Waals surface area (Å²) < 4.78 is 0. The number of fused-ring (bicyclic) bond motifs is 1. The molecule has 0 bridgehead atoms. The first-order valence-corrected chi connectivity index (χ1v) is 6.87. The minimum Gasteiger partial charge on any atom is -0.361 e. The molecule has 4 nitrogen and oxygen atoms in total. The van der Waals surface area contributed by atoms with E-state index in [1.165, 1.54) is 6.08 Å². The van der Waals surface area contributed by atoms with Crippen molar-refractivity contribution in [2.24, 2.45) is 0 Å². The van der Waals surface area contributed by atoms with Gasteiger partial charge in [-0.3, -0.25) is 9.59 Å². The van der Waals surface area contributed by atoms with Crippen molar-refractivity contribution in [3.05, 3.63) is 71.9 Å². The molecule has 1 amide bonds. The van der Waals surface area contributed by atoms with Gasteiger partial charge in [-0.25, -0.2) is 0 Å². The Morgan fingerprint density at radius 3 is 2.82 bits per heavy atom. The summed E-state index contributed by atoms with van der Waals surface area (Å²) in [5.74, 6) is -0.242. The van der Waals surface area contributed by atoms with Gasteiger partial charge in [-0.15, -0.1) is 0 Å². The molecule has 22 heavy (non-hydrogen) atoms. The Morgan fingerprint density at radius 2 is 1.95 bits per heavy atom. The molecule has 3 aromatic rings. The van der Waals surface area contributed by atoms with Crippen LogP contribution in [0.15, 0.2) is 60.8 Å². The topological polar surface area (TPSA) is 62.0 Å². The number of aromatic nitrogens is 1. The van der Waals surface area contributed by atoms with Crippen molar-refractivity contribution in [3.8, 4) is 0 Å². The quantitative estimate of drug-likeness (QED) is 0.569. The smallest absolute Gasteiger partial charge is 0.248 e. The van der Waals surface area contributed by atoms with Crippen molar-refractivity contribution in [2.75, 3.05) is 5.32 Å². The molecule has 0 fully saturated rings. The fourth-order valence-corrected chi connectivity index (χ4v) is 2.27. The van der Waals surface area contributed by atoms with E-state index in [1.807, 2.05) is 30.5 Å². The number of aldehydes is 1. The zero-order valence-electron chi connectivity index (χ0n) is 11.7. The lowest BCUT2D eigenvalue weighted by molar-refractivity contribution is -0.111. The number of hydrogen-bond donors (Lipinski definition) is 2. The van der Waals surface area contributed by atoms with Crippen LogP contribution in [0.1, 0.15) is 15.9 Å². The highest BCUT2D eigenvalue weighted by Crippen LogP contribution is 2.18. The van der Waals surface area contributed by atoms with Gasteiger partial charge in [0.05, 0.1) is 0 Å². The van der Waals surface area contributed by atoms with Gasteiger partial charge < -0.3 is 10.3 Å². The SMILES string of the molecule is O=Cc1cccc(NC(=O)/C=C/c2c[nH]c3ccccc23)c1. The molecule has 0 aliphatic heterocycles. The molecule has 0 radical (unpaired) electrons. The van der Waals surface area contributed by atoms with E-state index in [9.17, 15) is 9.59 Å². The molecular formula is C18H14N2O2. The summed E-state index contributed by atoms with van der Waals surface area (Å²) in [6.45, 7) is 0. The van der Waals surface area contributed by atoms with Crippen molar-refractivity contribution >= 4 is 34.9 Å². The van der Waals surface area contributed by atoms with Crippen LogP contribution in [0.4, 0.5) is 5.69 Å². The highest BCUT2D eigenvalue weighted by molar-refractivity contribution is 6.03. The minimum absolute atomic E-state index is 0.242. The van der Waals surface area contributed by atoms with Gasteiger partial charge in [-0.1, -0.05) is 30.3 Å². The van der Waals surface area contributed by atoms with Crippen LogP contribution in [0.3, 0.4) is 0 Å². The second kappa shape index (κ2) is 6.10. The summed E-state index contributed by atoms with van der Waals surface area (Å²) in [5, 5.41) is 3.80. The largest absolute Gasteiger partial charge is 0.361 e. The van der Waals surface area contributed by atoms with E-state index in [-0.39, 0.29) is 5.91 Å². The highest BCUT2D eigenvalue weighted by atomic mass is 16.1. The number of aromatic amines is 1. The monoisotopic (exact) mass is 290 g/mol. The van der Waals surface area contributed by atoms with E-state index < -0.39 is 0 Å². The summed E-state index contributed by atoms with van der Waals surface area (Å²) in [6.07, 6.45) is 5.85. The fourth-order valence-electron chi connectivity index (χ4n) is 2.27. The van der Waals surface area contributed by atoms with E-state index in [1.54, 1.807) is 30.3 Å². The summed E-state index contributed by atoms with van der Waals surface area (Å²) in [7, 11) is 0. The number of hydrogen-bond acceptors (Lipinski definition) is 2. The Kier molecular flexibility index (Phi) is 3.83. The first kappa shape index (κ1) is 13.8.